The lowest BCUT2D eigenvalue weighted by Crippen LogP contribution is -2.35. The van der Waals surface area contributed by atoms with Gasteiger partial charge in [-0.25, -0.2) is 15.0 Å². The summed E-state index contributed by atoms with van der Waals surface area (Å²) in [6.45, 7) is 6.62. The minimum atomic E-state index is -0.164. The molecular formula is C25H38N4O2. The molecule has 6 heteroatoms. The van der Waals surface area contributed by atoms with Crippen molar-refractivity contribution in [2.75, 3.05) is 20.1 Å². The van der Waals surface area contributed by atoms with E-state index in [-0.39, 0.29) is 12.2 Å². The average molecular weight is 427 g/mol. The van der Waals surface area contributed by atoms with E-state index in [1.807, 2.05) is 12.4 Å². The highest BCUT2D eigenvalue weighted by atomic mass is 16.5. The number of hydrogen-bond donors (Lipinski definition) is 1. The number of rotatable bonds is 7. The first kappa shape index (κ1) is 22.4. The van der Waals surface area contributed by atoms with Gasteiger partial charge in [0.2, 0.25) is 5.88 Å². The SMILES string of the molecule is CCC[C@H](C)Cc1ncc2c(OC3CCN(C)CC3)ncc(C3CCC(O)CC3)c2n1. The van der Waals surface area contributed by atoms with Gasteiger partial charge in [0.1, 0.15) is 11.9 Å². The van der Waals surface area contributed by atoms with Crippen LogP contribution in [0, 0.1) is 5.92 Å². The van der Waals surface area contributed by atoms with E-state index >= 15 is 0 Å². The van der Waals surface area contributed by atoms with E-state index in [1.165, 1.54) is 18.4 Å². The number of aliphatic hydroxyl groups is 1. The number of pyridine rings is 1. The molecule has 0 bridgehead atoms. The first-order valence-corrected chi connectivity index (χ1v) is 12.2. The van der Waals surface area contributed by atoms with Crippen LogP contribution in [0.4, 0.5) is 0 Å². The summed E-state index contributed by atoms with van der Waals surface area (Å²) in [4.78, 5) is 16.9. The molecule has 2 aliphatic rings. The third-order valence-corrected chi connectivity index (χ3v) is 7.06. The summed E-state index contributed by atoms with van der Waals surface area (Å²) in [7, 11) is 2.16. The van der Waals surface area contributed by atoms with E-state index in [1.54, 1.807) is 0 Å². The lowest BCUT2D eigenvalue weighted by molar-refractivity contribution is 0.111. The molecule has 2 aromatic rings. The summed E-state index contributed by atoms with van der Waals surface area (Å²) < 4.78 is 6.38. The molecule has 31 heavy (non-hydrogen) atoms. The van der Waals surface area contributed by atoms with Gasteiger partial charge >= 0.3 is 0 Å². The zero-order valence-corrected chi connectivity index (χ0v) is 19.4. The molecule has 6 nitrogen and oxygen atoms in total. The molecule has 170 valence electrons. The van der Waals surface area contributed by atoms with Gasteiger partial charge in [0.25, 0.3) is 0 Å². The normalized spacial score (nSPS) is 24.4. The van der Waals surface area contributed by atoms with E-state index in [0.29, 0.717) is 17.7 Å². The fraction of sp³-hybridized carbons (Fsp3) is 0.720. The lowest BCUT2D eigenvalue weighted by atomic mass is 9.82. The number of fused-ring (bicyclic) bond motifs is 1. The second-order valence-electron chi connectivity index (χ2n) is 9.79. The molecule has 1 saturated heterocycles. The fourth-order valence-corrected chi connectivity index (χ4v) is 5.10. The summed E-state index contributed by atoms with van der Waals surface area (Å²) >= 11 is 0. The van der Waals surface area contributed by atoms with Crippen LogP contribution in [0.5, 0.6) is 5.88 Å². The Hall–Kier alpha value is -1.79. The van der Waals surface area contributed by atoms with E-state index in [9.17, 15) is 5.11 Å². The van der Waals surface area contributed by atoms with Gasteiger partial charge in [-0.05, 0) is 57.4 Å². The monoisotopic (exact) mass is 426 g/mol. The van der Waals surface area contributed by atoms with E-state index in [4.69, 9.17) is 19.7 Å². The first-order chi connectivity index (χ1) is 15.0. The summed E-state index contributed by atoms with van der Waals surface area (Å²) in [5.74, 6) is 2.57. The fourth-order valence-electron chi connectivity index (χ4n) is 5.10. The van der Waals surface area contributed by atoms with Crippen molar-refractivity contribution >= 4 is 10.9 Å². The lowest BCUT2D eigenvalue weighted by Gasteiger charge is -2.30. The van der Waals surface area contributed by atoms with Crippen molar-refractivity contribution in [1.82, 2.24) is 19.9 Å². The molecule has 0 aromatic carbocycles. The highest BCUT2D eigenvalue weighted by Gasteiger charge is 2.26. The van der Waals surface area contributed by atoms with Gasteiger partial charge in [-0.2, -0.15) is 0 Å². The molecule has 0 amide bonds. The third-order valence-electron chi connectivity index (χ3n) is 7.06. The van der Waals surface area contributed by atoms with Gasteiger partial charge in [0.15, 0.2) is 0 Å². The Kier molecular flexibility index (Phi) is 7.39. The Morgan fingerprint density at radius 2 is 1.84 bits per heavy atom. The molecular weight excluding hydrogens is 388 g/mol. The van der Waals surface area contributed by atoms with E-state index in [0.717, 1.165) is 74.8 Å². The largest absolute Gasteiger partial charge is 0.474 e. The average Bonchev–Trinajstić information content (AvgIpc) is 2.76. The Bertz CT molecular complexity index is 858. The molecule has 0 radical (unpaired) electrons. The van der Waals surface area contributed by atoms with Crippen molar-refractivity contribution in [1.29, 1.82) is 0 Å². The van der Waals surface area contributed by atoms with Crippen LogP contribution in [0.2, 0.25) is 0 Å². The highest BCUT2D eigenvalue weighted by molar-refractivity contribution is 5.85. The zero-order chi connectivity index (χ0) is 21.8. The number of aromatic nitrogens is 3. The summed E-state index contributed by atoms with van der Waals surface area (Å²) in [5.41, 5.74) is 2.21. The third kappa shape index (κ3) is 5.53. The number of piperidine rings is 1. The summed E-state index contributed by atoms with van der Waals surface area (Å²) in [6, 6.07) is 0. The molecule has 1 N–H and O–H groups in total. The van der Waals surface area contributed by atoms with Crippen molar-refractivity contribution < 1.29 is 9.84 Å². The second kappa shape index (κ2) is 10.2. The summed E-state index contributed by atoms with van der Waals surface area (Å²) in [5, 5.41) is 10.9. The van der Waals surface area contributed by atoms with Crippen LogP contribution in [0.3, 0.4) is 0 Å². The van der Waals surface area contributed by atoms with Gasteiger partial charge in [-0.3, -0.25) is 0 Å². The van der Waals surface area contributed by atoms with Gasteiger partial charge < -0.3 is 14.7 Å². The van der Waals surface area contributed by atoms with Crippen LogP contribution in [0.1, 0.15) is 82.5 Å². The Labute approximate surface area is 186 Å². The topological polar surface area (TPSA) is 71.4 Å². The highest BCUT2D eigenvalue weighted by Crippen LogP contribution is 2.38. The van der Waals surface area contributed by atoms with Crippen LogP contribution in [0.15, 0.2) is 12.4 Å². The molecule has 1 aliphatic heterocycles. The van der Waals surface area contributed by atoms with Crippen molar-refractivity contribution in [3.63, 3.8) is 0 Å². The van der Waals surface area contributed by atoms with Crippen molar-refractivity contribution in [3.05, 3.63) is 23.8 Å². The molecule has 2 fully saturated rings. The van der Waals surface area contributed by atoms with Crippen LogP contribution in [-0.2, 0) is 6.42 Å². The number of ether oxygens (including phenoxy) is 1. The molecule has 1 aliphatic carbocycles. The van der Waals surface area contributed by atoms with Gasteiger partial charge in [-0.15, -0.1) is 0 Å². The molecule has 3 heterocycles. The quantitative estimate of drug-likeness (QED) is 0.703. The van der Waals surface area contributed by atoms with Crippen molar-refractivity contribution in [2.45, 2.75) is 89.8 Å². The maximum absolute atomic E-state index is 9.96. The van der Waals surface area contributed by atoms with Gasteiger partial charge in [0.05, 0.1) is 17.0 Å². The molecule has 1 saturated carbocycles. The van der Waals surface area contributed by atoms with Crippen molar-refractivity contribution in [2.24, 2.45) is 5.92 Å². The van der Waals surface area contributed by atoms with Crippen LogP contribution in [-0.4, -0.2) is 57.3 Å². The summed E-state index contributed by atoms with van der Waals surface area (Å²) in [6.07, 6.45) is 13.0. The van der Waals surface area contributed by atoms with Gasteiger partial charge in [0, 0.05) is 37.5 Å². The smallest absolute Gasteiger partial charge is 0.224 e. The van der Waals surface area contributed by atoms with Crippen LogP contribution < -0.4 is 4.74 Å². The standard InChI is InChI=1S/C25H38N4O2/c1-4-5-17(2)14-23-26-16-22-24(28-23)21(18-6-8-19(30)9-7-18)15-27-25(22)31-20-10-12-29(3)13-11-20/h15-20,30H,4-14H2,1-3H3/t17-,18?,19?/m0/s1. The van der Waals surface area contributed by atoms with Crippen molar-refractivity contribution in [3.8, 4) is 5.88 Å². The predicted octanol–water partition coefficient (Wildman–Crippen LogP) is 4.50. The van der Waals surface area contributed by atoms with Gasteiger partial charge in [-0.1, -0.05) is 26.7 Å². The maximum atomic E-state index is 9.96. The minimum Gasteiger partial charge on any atom is -0.474 e. The number of aliphatic hydroxyl groups excluding tert-OH is 1. The number of hydrogen-bond acceptors (Lipinski definition) is 6. The first-order valence-electron chi connectivity index (χ1n) is 12.2. The van der Waals surface area contributed by atoms with E-state index in [2.05, 4.69) is 25.8 Å². The molecule has 0 unspecified atom stereocenters. The number of nitrogens with zero attached hydrogens (tertiary/aromatic N) is 4. The Balaban J connectivity index is 1.65. The minimum absolute atomic E-state index is 0.164. The number of likely N-dealkylation sites (tertiary alicyclic amines) is 1. The Morgan fingerprint density at radius 3 is 2.55 bits per heavy atom. The molecule has 4 rings (SSSR count). The molecule has 2 aromatic heterocycles. The zero-order valence-electron chi connectivity index (χ0n) is 19.4. The van der Waals surface area contributed by atoms with E-state index < -0.39 is 0 Å². The maximum Gasteiger partial charge on any atom is 0.224 e. The Morgan fingerprint density at radius 1 is 1.10 bits per heavy atom. The predicted molar refractivity (Wildman–Crippen MR) is 123 cm³/mol. The second-order valence-corrected chi connectivity index (χ2v) is 9.79. The molecule has 0 spiro atoms. The van der Waals surface area contributed by atoms with Crippen LogP contribution >= 0.6 is 0 Å². The molecule has 1 atom stereocenters. The van der Waals surface area contributed by atoms with Crippen LogP contribution in [0.25, 0.3) is 10.9 Å².